The van der Waals surface area contributed by atoms with Gasteiger partial charge in [-0.15, -0.1) is 0 Å². The number of carbonyl (C=O) groups excluding carboxylic acids is 2. The van der Waals surface area contributed by atoms with Crippen LogP contribution in [0.2, 0.25) is 0 Å². The normalized spacial score (nSPS) is 17.6. The number of nitrogens with zero attached hydrogens (tertiary/aromatic N) is 2. The Morgan fingerprint density at radius 1 is 1.00 bits per heavy atom. The van der Waals surface area contributed by atoms with E-state index in [0.717, 1.165) is 18.6 Å². The minimum Gasteiger partial charge on any atom is -0.494 e. The lowest BCUT2D eigenvalue weighted by molar-refractivity contribution is -0.142. The largest absolute Gasteiger partial charge is 0.494 e. The fourth-order valence-electron chi connectivity index (χ4n) is 3.65. The summed E-state index contributed by atoms with van der Waals surface area (Å²) in [5.41, 5.74) is 0.711. The van der Waals surface area contributed by atoms with Gasteiger partial charge in [-0.3, -0.25) is 4.79 Å². The van der Waals surface area contributed by atoms with Crippen molar-refractivity contribution in [2.75, 3.05) is 44.7 Å². The van der Waals surface area contributed by atoms with Gasteiger partial charge >= 0.3 is 6.03 Å². The highest BCUT2D eigenvalue weighted by Gasteiger charge is 2.33. The van der Waals surface area contributed by atoms with Gasteiger partial charge in [0.2, 0.25) is 6.10 Å². The Balaban J connectivity index is 1.24. The van der Waals surface area contributed by atoms with Crippen LogP contribution in [-0.4, -0.2) is 67.2 Å². The fourth-order valence-corrected chi connectivity index (χ4v) is 3.65. The zero-order valence-corrected chi connectivity index (χ0v) is 18.3. The summed E-state index contributed by atoms with van der Waals surface area (Å²) in [4.78, 5) is 28.9. The first kappa shape index (κ1) is 21.8. The van der Waals surface area contributed by atoms with E-state index in [9.17, 15) is 9.59 Å². The summed E-state index contributed by atoms with van der Waals surface area (Å²) in [7, 11) is 0. The molecule has 0 aromatic heterocycles. The average molecular weight is 440 g/mol. The van der Waals surface area contributed by atoms with Crippen LogP contribution < -0.4 is 19.5 Å². The minimum absolute atomic E-state index is 0.113. The van der Waals surface area contributed by atoms with Crippen LogP contribution in [0.25, 0.3) is 0 Å². The minimum atomic E-state index is -0.664. The van der Waals surface area contributed by atoms with Crippen molar-refractivity contribution in [3.63, 3.8) is 0 Å². The molecule has 1 unspecified atom stereocenters. The number of carbonyl (C=O) groups is 2. The highest BCUT2D eigenvalue weighted by atomic mass is 16.6. The van der Waals surface area contributed by atoms with E-state index in [0.29, 0.717) is 50.0 Å². The molecule has 0 radical (unpaired) electrons. The third-order valence-electron chi connectivity index (χ3n) is 5.53. The van der Waals surface area contributed by atoms with Gasteiger partial charge in [-0.25, -0.2) is 4.79 Å². The van der Waals surface area contributed by atoms with Gasteiger partial charge in [-0.1, -0.05) is 25.5 Å². The van der Waals surface area contributed by atoms with E-state index in [1.807, 2.05) is 42.5 Å². The fraction of sp³-hybridized carbons (Fsp3) is 0.417. The first-order valence-corrected chi connectivity index (χ1v) is 11.1. The van der Waals surface area contributed by atoms with Gasteiger partial charge in [0.25, 0.3) is 5.91 Å². The molecule has 3 amide bonds. The maximum Gasteiger partial charge on any atom is 0.321 e. The zero-order valence-electron chi connectivity index (χ0n) is 18.3. The Morgan fingerprint density at radius 3 is 2.41 bits per heavy atom. The molecule has 32 heavy (non-hydrogen) atoms. The predicted octanol–water partition coefficient (Wildman–Crippen LogP) is 3.38. The molecule has 2 aromatic carbocycles. The van der Waals surface area contributed by atoms with E-state index >= 15 is 0 Å². The molecule has 8 nitrogen and oxygen atoms in total. The van der Waals surface area contributed by atoms with Crippen molar-refractivity contribution in [2.45, 2.75) is 25.9 Å². The van der Waals surface area contributed by atoms with Crippen LogP contribution in [0, 0.1) is 0 Å². The number of amides is 3. The molecule has 1 atom stereocenters. The van der Waals surface area contributed by atoms with Crippen molar-refractivity contribution in [2.24, 2.45) is 0 Å². The van der Waals surface area contributed by atoms with Gasteiger partial charge < -0.3 is 29.3 Å². The van der Waals surface area contributed by atoms with Crippen molar-refractivity contribution in [1.29, 1.82) is 0 Å². The molecule has 1 saturated heterocycles. The second-order valence-electron chi connectivity index (χ2n) is 7.83. The molecule has 1 fully saturated rings. The smallest absolute Gasteiger partial charge is 0.321 e. The molecule has 0 aliphatic carbocycles. The van der Waals surface area contributed by atoms with Crippen molar-refractivity contribution in [3.8, 4) is 17.2 Å². The number of nitrogens with one attached hydrogen (secondary N) is 1. The molecule has 170 valence electrons. The first-order chi connectivity index (χ1) is 15.6. The summed E-state index contributed by atoms with van der Waals surface area (Å²) in [6.07, 6.45) is 1.44. The molecule has 0 bridgehead atoms. The highest BCUT2D eigenvalue weighted by molar-refractivity contribution is 5.89. The topological polar surface area (TPSA) is 80.3 Å². The summed E-state index contributed by atoms with van der Waals surface area (Å²) in [6, 6.07) is 14.5. The molecule has 2 aromatic rings. The molecule has 2 heterocycles. The third-order valence-corrected chi connectivity index (χ3v) is 5.53. The molecular weight excluding hydrogens is 410 g/mol. The second kappa shape index (κ2) is 10.3. The lowest BCUT2D eigenvalue weighted by Gasteiger charge is -2.37. The summed E-state index contributed by atoms with van der Waals surface area (Å²) < 4.78 is 17.1. The monoisotopic (exact) mass is 439 g/mol. The van der Waals surface area contributed by atoms with E-state index in [2.05, 4.69) is 12.2 Å². The first-order valence-electron chi connectivity index (χ1n) is 11.1. The van der Waals surface area contributed by atoms with Crippen LogP contribution in [0.5, 0.6) is 17.2 Å². The maximum absolute atomic E-state index is 12.8. The van der Waals surface area contributed by atoms with Gasteiger partial charge in [0.1, 0.15) is 12.4 Å². The number of hydrogen-bond donors (Lipinski definition) is 1. The molecular formula is C24H29N3O5. The number of piperazine rings is 1. The van der Waals surface area contributed by atoms with Crippen LogP contribution in [-0.2, 0) is 4.79 Å². The van der Waals surface area contributed by atoms with E-state index in [1.54, 1.807) is 15.9 Å². The molecule has 0 saturated carbocycles. The Labute approximate surface area is 188 Å². The standard InChI is InChI=1S/C24H29N3O5/c1-2-3-16-30-19-10-8-18(9-11-19)25-24(29)27-14-12-26(13-15-27)23(28)22-17-31-20-6-4-5-7-21(20)32-22/h4-11,22H,2-3,12-17H2,1H3,(H,25,29). The van der Waals surface area contributed by atoms with Crippen molar-refractivity contribution in [1.82, 2.24) is 9.80 Å². The summed E-state index contributed by atoms with van der Waals surface area (Å²) in [5.74, 6) is 1.91. The van der Waals surface area contributed by atoms with Gasteiger partial charge in [-0.05, 0) is 42.8 Å². The van der Waals surface area contributed by atoms with Gasteiger partial charge in [0.15, 0.2) is 11.5 Å². The number of ether oxygens (including phenoxy) is 3. The van der Waals surface area contributed by atoms with E-state index in [4.69, 9.17) is 14.2 Å². The number of rotatable bonds is 6. The average Bonchev–Trinajstić information content (AvgIpc) is 2.84. The molecule has 1 N–H and O–H groups in total. The Kier molecular flexibility index (Phi) is 6.99. The van der Waals surface area contributed by atoms with Crippen molar-refractivity contribution in [3.05, 3.63) is 48.5 Å². The number of fused-ring (bicyclic) bond motifs is 1. The maximum atomic E-state index is 12.8. The third kappa shape index (κ3) is 5.25. The summed E-state index contributed by atoms with van der Waals surface area (Å²) in [5, 5.41) is 2.91. The van der Waals surface area contributed by atoms with Crippen molar-refractivity contribution < 1.29 is 23.8 Å². The van der Waals surface area contributed by atoms with Gasteiger partial charge in [-0.2, -0.15) is 0 Å². The number of urea groups is 1. The van der Waals surface area contributed by atoms with Crippen LogP contribution in [0.1, 0.15) is 19.8 Å². The SMILES string of the molecule is CCCCOc1ccc(NC(=O)N2CCN(C(=O)C3COc4ccccc4O3)CC2)cc1. The zero-order chi connectivity index (χ0) is 22.3. The van der Waals surface area contributed by atoms with E-state index in [1.165, 1.54) is 0 Å². The van der Waals surface area contributed by atoms with E-state index < -0.39 is 6.10 Å². The number of para-hydroxylation sites is 2. The highest BCUT2D eigenvalue weighted by Crippen LogP contribution is 2.31. The van der Waals surface area contributed by atoms with Gasteiger partial charge in [0.05, 0.1) is 6.61 Å². The summed E-state index contributed by atoms with van der Waals surface area (Å²) >= 11 is 0. The lowest BCUT2D eigenvalue weighted by atomic mass is 10.2. The van der Waals surface area contributed by atoms with Crippen LogP contribution >= 0.6 is 0 Å². The number of unbranched alkanes of at least 4 members (excludes halogenated alkanes) is 1. The number of anilines is 1. The van der Waals surface area contributed by atoms with Crippen LogP contribution in [0.15, 0.2) is 48.5 Å². The number of benzene rings is 2. The Bertz CT molecular complexity index is 925. The van der Waals surface area contributed by atoms with Crippen LogP contribution in [0.3, 0.4) is 0 Å². The molecule has 0 spiro atoms. The predicted molar refractivity (Wildman–Crippen MR) is 120 cm³/mol. The molecule has 4 rings (SSSR count). The second-order valence-corrected chi connectivity index (χ2v) is 7.83. The van der Waals surface area contributed by atoms with Crippen molar-refractivity contribution >= 4 is 17.6 Å². The lowest BCUT2D eigenvalue weighted by Crippen LogP contribution is -2.55. The van der Waals surface area contributed by atoms with Gasteiger partial charge in [0, 0.05) is 31.9 Å². The Hall–Kier alpha value is -3.42. The van der Waals surface area contributed by atoms with E-state index in [-0.39, 0.29) is 18.5 Å². The van der Waals surface area contributed by atoms with Crippen LogP contribution in [0.4, 0.5) is 10.5 Å². The number of hydrogen-bond acceptors (Lipinski definition) is 5. The molecule has 8 heteroatoms. The molecule has 2 aliphatic heterocycles. The Morgan fingerprint density at radius 2 is 1.69 bits per heavy atom. The molecule has 2 aliphatic rings. The quantitative estimate of drug-likeness (QED) is 0.698. The summed E-state index contributed by atoms with van der Waals surface area (Å²) in [6.45, 7) is 4.83.